The summed E-state index contributed by atoms with van der Waals surface area (Å²) in [6, 6.07) is 14.1. The lowest BCUT2D eigenvalue weighted by atomic mass is 10.1. The van der Waals surface area contributed by atoms with E-state index in [9.17, 15) is 9.59 Å². The second-order valence-corrected chi connectivity index (χ2v) is 8.61. The molecule has 0 fully saturated rings. The Morgan fingerprint density at radius 3 is 2.45 bits per heavy atom. The molecule has 0 bridgehead atoms. The van der Waals surface area contributed by atoms with Gasteiger partial charge in [0.1, 0.15) is 11.8 Å². The fourth-order valence-electron chi connectivity index (χ4n) is 2.82. The first-order valence-electron chi connectivity index (χ1n) is 9.60. The van der Waals surface area contributed by atoms with Crippen molar-refractivity contribution in [2.24, 2.45) is 0 Å². The molecule has 0 aliphatic carbocycles. The highest BCUT2D eigenvalue weighted by Crippen LogP contribution is 2.17. The second kappa shape index (κ2) is 9.79. The number of halogens is 1. The van der Waals surface area contributed by atoms with Crippen LogP contribution in [0.15, 0.2) is 48.5 Å². The Balaban J connectivity index is 2.18. The zero-order chi connectivity index (χ0) is 21.6. The van der Waals surface area contributed by atoms with E-state index >= 15 is 0 Å². The molecule has 29 heavy (non-hydrogen) atoms. The third-order valence-electron chi connectivity index (χ3n) is 4.26. The number of rotatable bonds is 7. The Morgan fingerprint density at radius 2 is 1.83 bits per heavy atom. The Kier molecular flexibility index (Phi) is 7.68. The molecule has 0 radical (unpaired) electrons. The van der Waals surface area contributed by atoms with Crippen molar-refractivity contribution in [1.29, 1.82) is 0 Å². The first-order valence-corrected chi connectivity index (χ1v) is 9.98. The third kappa shape index (κ3) is 7.42. The molecule has 1 atom stereocenters. The molecule has 2 rings (SSSR count). The minimum absolute atomic E-state index is 0.156. The van der Waals surface area contributed by atoms with Gasteiger partial charge in [0.05, 0.1) is 0 Å². The van der Waals surface area contributed by atoms with Crippen LogP contribution in [0.2, 0.25) is 5.02 Å². The first-order chi connectivity index (χ1) is 13.5. The van der Waals surface area contributed by atoms with E-state index in [4.69, 9.17) is 16.3 Å². The van der Waals surface area contributed by atoms with Crippen LogP contribution in [0.5, 0.6) is 5.75 Å². The maximum atomic E-state index is 13.0. The van der Waals surface area contributed by atoms with E-state index in [2.05, 4.69) is 5.32 Å². The standard InChI is InChI=1S/C23H29ClN2O3/c1-16-8-6-11-20(12-16)29-15-21(27)26(14-18-9-7-10-19(24)13-18)17(2)22(28)25-23(3,4)5/h6-13,17H,14-15H2,1-5H3,(H,25,28). The molecule has 0 aliphatic heterocycles. The lowest BCUT2D eigenvalue weighted by Gasteiger charge is -2.31. The summed E-state index contributed by atoms with van der Waals surface area (Å²) in [7, 11) is 0. The zero-order valence-corrected chi connectivity index (χ0v) is 18.4. The average Bonchev–Trinajstić information content (AvgIpc) is 2.62. The normalized spacial score (nSPS) is 12.2. The van der Waals surface area contributed by atoms with Crippen molar-refractivity contribution >= 4 is 23.4 Å². The SMILES string of the molecule is Cc1cccc(OCC(=O)N(Cc2cccc(Cl)c2)C(C)C(=O)NC(C)(C)C)c1. The molecule has 2 aromatic rings. The summed E-state index contributed by atoms with van der Waals surface area (Å²) in [4.78, 5) is 27.2. The van der Waals surface area contributed by atoms with Gasteiger partial charge in [-0.25, -0.2) is 0 Å². The van der Waals surface area contributed by atoms with Crippen molar-refractivity contribution < 1.29 is 14.3 Å². The third-order valence-corrected chi connectivity index (χ3v) is 4.49. The highest BCUT2D eigenvalue weighted by molar-refractivity contribution is 6.30. The number of benzene rings is 2. The molecule has 1 unspecified atom stereocenters. The number of nitrogens with one attached hydrogen (secondary N) is 1. The van der Waals surface area contributed by atoms with Gasteiger partial charge in [-0.1, -0.05) is 35.9 Å². The molecular weight excluding hydrogens is 388 g/mol. The quantitative estimate of drug-likeness (QED) is 0.729. The Hall–Kier alpha value is -2.53. The molecule has 156 valence electrons. The molecular formula is C23H29ClN2O3. The van der Waals surface area contributed by atoms with Crippen LogP contribution < -0.4 is 10.1 Å². The zero-order valence-electron chi connectivity index (χ0n) is 17.7. The van der Waals surface area contributed by atoms with E-state index in [0.29, 0.717) is 10.8 Å². The number of aryl methyl sites for hydroxylation is 1. The smallest absolute Gasteiger partial charge is 0.261 e. The highest BCUT2D eigenvalue weighted by atomic mass is 35.5. The van der Waals surface area contributed by atoms with Crippen molar-refractivity contribution in [1.82, 2.24) is 10.2 Å². The number of nitrogens with zero attached hydrogens (tertiary/aromatic N) is 1. The summed E-state index contributed by atoms with van der Waals surface area (Å²) in [6.07, 6.45) is 0. The summed E-state index contributed by atoms with van der Waals surface area (Å²) in [6.45, 7) is 9.49. The van der Waals surface area contributed by atoms with Crippen LogP contribution in [0.25, 0.3) is 0 Å². The van der Waals surface area contributed by atoms with Crippen molar-refractivity contribution in [3.8, 4) is 5.75 Å². The van der Waals surface area contributed by atoms with Gasteiger partial charge < -0.3 is 15.0 Å². The van der Waals surface area contributed by atoms with Crippen LogP contribution in [0.3, 0.4) is 0 Å². The van der Waals surface area contributed by atoms with Crippen LogP contribution in [-0.4, -0.2) is 34.9 Å². The van der Waals surface area contributed by atoms with Crippen LogP contribution in [0.1, 0.15) is 38.8 Å². The average molecular weight is 417 g/mol. The van der Waals surface area contributed by atoms with Crippen LogP contribution in [-0.2, 0) is 16.1 Å². The molecule has 1 N–H and O–H groups in total. The molecule has 2 aromatic carbocycles. The van der Waals surface area contributed by atoms with E-state index in [1.165, 1.54) is 4.90 Å². The Morgan fingerprint density at radius 1 is 1.14 bits per heavy atom. The van der Waals surface area contributed by atoms with Gasteiger partial charge in [-0.2, -0.15) is 0 Å². The summed E-state index contributed by atoms with van der Waals surface area (Å²) in [5.41, 5.74) is 1.49. The first kappa shape index (κ1) is 22.8. The predicted molar refractivity (Wildman–Crippen MR) is 116 cm³/mol. The molecule has 0 saturated carbocycles. The molecule has 2 amide bonds. The van der Waals surface area contributed by atoms with Gasteiger partial charge >= 0.3 is 0 Å². The number of carbonyl (C=O) groups is 2. The van der Waals surface area contributed by atoms with Crippen molar-refractivity contribution in [3.63, 3.8) is 0 Å². The van der Waals surface area contributed by atoms with Gasteiger partial charge in [-0.05, 0) is 70.0 Å². The van der Waals surface area contributed by atoms with Gasteiger partial charge in [0.25, 0.3) is 5.91 Å². The molecule has 0 heterocycles. The maximum absolute atomic E-state index is 13.0. The number of hydrogen-bond donors (Lipinski definition) is 1. The number of amides is 2. The largest absolute Gasteiger partial charge is 0.484 e. The summed E-state index contributed by atoms with van der Waals surface area (Å²) >= 11 is 6.09. The van der Waals surface area contributed by atoms with Crippen LogP contribution >= 0.6 is 11.6 Å². The number of carbonyl (C=O) groups excluding carboxylic acids is 2. The molecule has 0 saturated heterocycles. The molecule has 0 spiro atoms. The van der Waals surface area contributed by atoms with Gasteiger partial charge in [-0.3, -0.25) is 9.59 Å². The Bertz CT molecular complexity index is 861. The summed E-state index contributed by atoms with van der Waals surface area (Å²) in [5, 5.41) is 3.51. The van der Waals surface area contributed by atoms with Gasteiger partial charge in [0, 0.05) is 17.1 Å². The lowest BCUT2D eigenvalue weighted by molar-refractivity contribution is -0.142. The van der Waals surface area contributed by atoms with Gasteiger partial charge in [-0.15, -0.1) is 0 Å². The monoisotopic (exact) mass is 416 g/mol. The Labute approximate surface area is 178 Å². The second-order valence-electron chi connectivity index (χ2n) is 8.17. The van der Waals surface area contributed by atoms with Gasteiger partial charge in [0.15, 0.2) is 6.61 Å². The van der Waals surface area contributed by atoms with Crippen molar-refractivity contribution in [2.75, 3.05) is 6.61 Å². The summed E-state index contributed by atoms with van der Waals surface area (Å²) < 4.78 is 5.67. The van der Waals surface area contributed by atoms with Crippen molar-refractivity contribution in [3.05, 3.63) is 64.7 Å². The summed E-state index contributed by atoms with van der Waals surface area (Å²) in [5.74, 6) is 0.124. The lowest BCUT2D eigenvalue weighted by Crippen LogP contribution is -2.53. The fourth-order valence-corrected chi connectivity index (χ4v) is 3.03. The molecule has 0 aromatic heterocycles. The van der Waals surface area contributed by atoms with E-state index < -0.39 is 11.6 Å². The van der Waals surface area contributed by atoms with E-state index in [1.54, 1.807) is 25.1 Å². The number of ether oxygens (including phenoxy) is 1. The fraction of sp³-hybridized carbons (Fsp3) is 0.391. The highest BCUT2D eigenvalue weighted by Gasteiger charge is 2.28. The predicted octanol–water partition coefficient (Wildman–Crippen LogP) is 4.36. The van der Waals surface area contributed by atoms with Gasteiger partial charge in [0.2, 0.25) is 5.91 Å². The van der Waals surface area contributed by atoms with Crippen LogP contribution in [0, 0.1) is 6.92 Å². The minimum Gasteiger partial charge on any atom is -0.484 e. The molecule has 5 nitrogen and oxygen atoms in total. The van der Waals surface area contributed by atoms with E-state index in [-0.39, 0.29) is 25.0 Å². The maximum Gasteiger partial charge on any atom is 0.261 e. The van der Waals surface area contributed by atoms with Crippen LogP contribution in [0.4, 0.5) is 0 Å². The molecule has 0 aliphatic rings. The molecule has 6 heteroatoms. The topological polar surface area (TPSA) is 58.6 Å². The van der Waals surface area contributed by atoms with Crippen molar-refractivity contribution in [2.45, 2.75) is 52.7 Å². The van der Waals surface area contributed by atoms with E-state index in [1.807, 2.05) is 58.0 Å². The number of hydrogen-bond acceptors (Lipinski definition) is 3. The minimum atomic E-state index is -0.665. The van der Waals surface area contributed by atoms with E-state index in [0.717, 1.165) is 11.1 Å².